The third-order valence-electron chi connectivity index (χ3n) is 7.83. The summed E-state index contributed by atoms with van der Waals surface area (Å²) >= 11 is 0. The molecule has 50 heavy (non-hydrogen) atoms. The van der Waals surface area contributed by atoms with Crippen LogP contribution in [0.2, 0.25) is 0 Å². The molecular weight excluding hydrogens is 644 g/mol. The lowest BCUT2D eigenvalue weighted by molar-refractivity contribution is -0.139. The monoisotopic (exact) mass is 680 g/mol. The average molecular weight is 681 g/mol. The molecule has 4 aromatic rings. The fraction of sp³-hybridized carbons (Fsp3) is 0.179. The molecule has 2 atom stereocenters. The van der Waals surface area contributed by atoms with Gasteiger partial charge in [0.05, 0.1) is 27.2 Å². The number of esters is 2. The number of ether oxygens (including phenoxy) is 6. The summed E-state index contributed by atoms with van der Waals surface area (Å²) in [5.41, 5.74) is 3.48. The zero-order chi connectivity index (χ0) is 35.6. The van der Waals surface area contributed by atoms with Gasteiger partial charge in [0.25, 0.3) is 0 Å². The van der Waals surface area contributed by atoms with Crippen LogP contribution in [0.3, 0.4) is 0 Å². The molecule has 258 valence electrons. The highest BCUT2D eigenvalue weighted by molar-refractivity contribution is 5.87. The first-order valence-corrected chi connectivity index (χ1v) is 15.5. The van der Waals surface area contributed by atoms with Crippen molar-refractivity contribution in [3.8, 4) is 40.2 Å². The first kappa shape index (κ1) is 35.0. The highest BCUT2D eigenvalue weighted by Crippen LogP contribution is 2.52. The maximum absolute atomic E-state index is 12.9. The van der Waals surface area contributed by atoms with Crippen molar-refractivity contribution in [1.29, 1.82) is 0 Å². The van der Waals surface area contributed by atoms with E-state index in [2.05, 4.69) is 0 Å². The Morgan fingerprint density at radius 1 is 0.680 bits per heavy atom. The summed E-state index contributed by atoms with van der Waals surface area (Å²) in [5, 5.41) is 29.5. The summed E-state index contributed by atoms with van der Waals surface area (Å²) < 4.78 is 33.6. The third kappa shape index (κ3) is 8.56. The number of methoxy groups -OCH3 is 3. The number of rotatable bonds is 13. The second-order valence-corrected chi connectivity index (χ2v) is 11.1. The molecule has 0 aromatic heterocycles. The van der Waals surface area contributed by atoms with Crippen LogP contribution in [0.5, 0.6) is 40.2 Å². The van der Waals surface area contributed by atoms with Gasteiger partial charge in [0.2, 0.25) is 0 Å². The predicted octanol–water partition coefficient (Wildman–Crippen LogP) is 6.57. The SMILES string of the molecule is COc1cc(/C=C/C(=O)OC[C@@H]2c3cc(/C=C/COC(=O)/C=C/c4ccc(O)cc4)cc(OC)c3O[C@H]2c2ccc(O)c(OC)c2)ccc1O. The van der Waals surface area contributed by atoms with E-state index in [1.165, 1.54) is 57.7 Å². The van der Waals surface area contributed by atoms with Gasteiger partial charge in [0.15, 0.2) is 34.5 Å². The van der Waals surface area contributed by atoms with Crippen LogP contribution in [0.15, 0.2) is 91.0 Å². The molecule has 1 heterocycles. The number of aromatic hydroxyl groups is 3. The van der Waals surface area contributed by atoms with Gasteiger partial charge >= 0.3 is 11.9 Å². The number of hydrogen-bond donors (Lipinski definition) is 3. The van der Waals surface area contributed by atoms with E-state index in [1.54, 1.807) is 66.8 Å². The number of hydrogen-bond acceptors (Lipinski definition) is 11. The van der Waals surface area contributed by atoms with Crippen LogP contribution < -0.4 is 18.9 Å². The lowest BCUT2D eigenvalue weighted by Gasteiger charge is -2.20. The van der Waals surface area contributed by atoms with Crippen molar-refractivity contribution in [2.45, 2.75) is 12.0 Å². The molecule has 0 saturated heterocycles. The molecule has 11 nitrogen and oxygen atoms in total. The summed E-state index contributed by atoms with van der Waals surface area (Å²) in [6.45, 7) is -0.0604. The van der Waals surface area contributed by atoms with E-state index in [0.717, 1.165) is 16.7 Å². The van der Waals surface area contributed by atoms with Gasteiger partial charge in [-0.2, -0.15) is 0 Å². The Morgan fingerprint density at radius 2 is 1.28 bits per heavy atom. The fourth-order valence-corrected chi connectivity index (χ4v) is 5.31. The fourth-order valence-electron chi connectivity index (χ4n) is 5.31. The molecule has 0 bridgehead atoms. The van der Waals surface area contributed by atoms with E-state index in [1.807, 2.05) is 6.07 Å². The normalized spacial score (nSPS) is 15.2. The number of phenolic OH excluding ortho intramolecular Hbond substituents is 3. The van der Waals surface area contributed by atoms with Gasteiger partial charge in [-0.25, -0.2) is 9.59 Å². The maximum atomic E-state index is 12.9. The highest BCUT2D eigenvalue weighted by Gasteiger charge is 2.39. The van der Waals surface area contributed by atoms with Gasteiger partial charge in [0, 0.05) is 17.7 Å². The smallest absolute Gasteiger partial charge is 0.331 e. The van der Waals surface area contributed by atoms with Crippen LogP contribution in [0.4, 0.5) is 0 Å². The van der Waals surface area contributed by atoms with Crippen molar-refractivity contribution in [2.75, 3.05) is 34.5 Å². The molecule has 0 amide bonds. The van der Waals surface area contributed by atoms with Gasteiger partial charge < -0.3 is 43.7 Å². The Kier molecular flexibility index (Phi) is 11.3. The Labute approximate surface area is 288 Å². The summed E-state index contributed by atoms with van der Waals surface area (Å²) in [6, 6.07) is 19.6. The van der Waals surface area contributed by atoms with Crippen LogP contribution in [0.1, 0.15) is 39.8 Å². The topological polar surface area (TPSA) is 150 Å². The van der Waals surface area contributed by atoms with Crippen LogP contribution in [-0.2, 0) is 19.1 Å². The molecule has 0 unspecified atom stereocenters. The zero-order valence-corrected chi connectivity index (χ0v) is 27.6. The van der Waals surface area contributed by atoms with Gasteiger partial charge in [-0.15, -0.1) is 0 Å². The second kappa shape index (κ2) is 16.2. The molecule has 0 radical (unpaired) electrons. The summed E-state index contributed by atoms with van der Waals surface area (Å²) in [4.78, 5) is 25.1. The number of carbonyl (C=O) groups excluding carboxylic acids is 2. The molecule has 0 saturated carbocycles. The lowest BCUT2D eigenvalue weighted by atomic mass is 9.90. The number of benzene rings is 4. The third-order valence-corrected chi connectivity index (χ3v) is 7.83. The molecule has 11 heteroatoms. The first-order valence-electron chi connectivity index (χ1n) is 15.5. The number of fused-ring (bicyclic) bond motifs is 1. The average Bonchev–Trinajstić information content (AvgIpc) is 3.50. The van der Waals surface area contributed by atoms with Crippen molar-refractivity contribution in [1.82, 2.24) is 0 Å². The molecule has 1 aliphatic heterocycles. The lowest BCUT2D eigenvalue weighted by Crippen LogP contribution is -2.17. The quantitative estimate of drug-likeness (QED) is 0.104. The molecule has 0 aliphatic carbocycles. The minimum atomic E-state index is -0.632. The summed E-state index contributed by atoms with van der Waals surface area (Å²) in [7, 11) is 4.40. The minimum Gasteiger partial charge on any atom is -0.508 e. The second-order valence-electron chi connectivity index (χ2n) is 11.1. The van der Waals surface area contributed by atoms with Gasteiger partial charge in [-0.1, -0.05) is 30.3 Å². The van der Waals surface area contributed by atoms with E-state index in [9.17, 15) is 24.9 Å². The van der Waals surface area contributed by atoms with E-state index in [0.29, 0.717) is 22.6 Å². The van der Waals surface area contributed by atoms with Crippen molar-refractivity contribution >= 4 is 30.2 Å². The van der Waals surface area contributed by atoms with Crippen molar-refractivity contribution in [2.24, 2.45) is 0 Å². The van der Waals surface area contributed by atoms with Crippen molar-refractivity contribution in [3.63, 3.8) is 0 Å². The van der Waals surface area contributed by atoms with Crippen molar-refractivity contribution < 1.29 is 53.3 Å². The molecule has 5 rings (SSSR count). The van der Waals surface area contributed by atoms with Crippen LogP contribution in [0, 0.1) is 0 Å². The minimum absolute atomic E-state index is 0.00482. The van der Waals surface area contributed by atoms with Gasteiger partial charge in [0.1, 0.15) is 25.1 Å². The van der Waals surface area contributed by atoms with Gasteiger partial charge in [-0.3, -0.25) is 0 Å². The first-order chi connectivity index (χ1) is 24.2. The Balaban J connectivity index is 1.34. The van der Waals surface area contributed by atoms with Crippen LogP contribution in [-0.4, -0.2) is 61.8 Å². The van der Waals surface area contributed by atoms with E-state index < -0.39 is 24.0 Å². The Bertz CT molecular complexity index is 1930. The molecule has 4 aromatic carbocycles. The zero-order valence-electron chi connectivity index (χ0n) is 27.6. The Hall–Kier alpha value is -6.36. The molecule has 0 spiro atoms. The van der Waals surface area contributed by atoms with Crippen molar-refractivity contribution in [3.05, 3.63) is 119 Å². The van der Waals surface area contributed by atoms with E-state index in [4.69, 9.17) is 28.4 Å². The highest BCUT2D eigenvalue weighted by atomic mass is 16.5. The number of carbonyl (C=O) groups is 2. The summed E-state index contributed by atoms with van der Waals surface area (Å²) in [5.74, 6) is -0.0977. The predicted molar refractivity (Wildman–Crippen MR) is 186 cm³/mol. The summed E-state index contributed by atoms with van der Waals surface area (Å²) in [6.07, 6.45) is 8.54. The molecule has 1 aliphatic rings. The van der Waals surface area contributed by atoms with E-state index >= 15 is 0 Å². The van der Waals surface area contributed by atoms with Crippen LogP contribution >= 0.6 is 0 Å². The molecule has 0 fully saturated rings. The van der Waals surface area contributed by atoms with Crippen LogP contribution in [0.25, 0.3) is 18.2 Å². The van der Waals surface area contributed by atoms with Gasteiger partial charge in [-0.05, 0) is 89.0 Å². The largest absolute Gasteiger partial charge is 0.508 e. The Morgan fingerprint density at radius 3 is 1.98 bits per heavy atom. The standard InChI is InChI=1S/C39H36O11/c1-45-33-20-25(8-14-31(33)41)10-17-37(44)49-23-30-29-19-26(5-4-18-48-36(43)16-9-24-6-12-28(40)13-7-24)21-35(47-3)39(29)50-38(30)27-11-15-32(42)34(22-27)46-2/h4-17,19-22,30,38,40-42H,18,23H2,1-3H3/b5-4+,16-9+,17-10+/t30-,38+/m1/s1. The number of phenols is 3. The molecule has 3 N–H and O–H groups in total. The maximum Gasteiger partial charge on any atom is 0.331 e. The van der Waals surface area contributed by atoms with E-state index in [-0.39, 0.29) is 42.0 Å². The molecular formula is C39H36O11.